The van der Waals surface area contributed by atoms with Crippen molar-refractivity contribution in [3.63, 3.8) is 0 Å². The molecule has 0 aromatic carbocycles. The molecular weight excluding hydrogens is 162 g/mol. The molecule has 0 heterocycles. The van der Waals surface area contributed by atoms with E-state index in [1.807, 2.05) is 0 Å². The highest BCUT2D eigenvalue weighted by Gasteiger charge is 1.91. The predicted octanol–water partition coefficient (Wildman–Crippen LogP) is -0.283. The Labute approximate surface area is 71.9 Å². The Hall–Kier alpha value is -0.650. The number of nitrogens with one attached hydrogen (secondary N) is 1. The lowest BCUT2D eigenvalue weighted by molar-refractivity contribution is -0.148. The van der Waals surface area contributed by atoms with Crippen molar-refractivity contribution in [3.05, 3.63) is 0 Å². The summed E-state index contributed by atoms with van der Waals surface area (Å²) >= 11 is 0. The fourth-order valence-electron chi connectivity index (χ4n) is 0.511. The van der Waals surface area contributed by atoms with Crippen LogP contribution >= 0.6 is 0 Å². The van der Waals surface area contributed by atoms with Crippen molar-refractivity contribution in [2.45, 2.75) is 6.92 Å². The number of hydroxylamine groups is 1. The molecule has 0 aliphatic heterocycles. The molecule has 0 aliphatic carbocycles. The van der Waals surface area contributed by atoms with Crippen molar-refractivity contribution >= 4 is 5.97 Å². The fraction of sp³-hybridized carbons (Fsp3) is 0.857. The summed E-state index contributed by atoms with van der Waals surface area (Å²) in [6.07, 6.45) is 0. The van der Waals surface area contributed by atoms with Crippen molar-refractivity contribution < 1.29 is 19.1 Å². The van der Waals surface area contributed by atoms with Crippen molar-refractivity contribution in [1.29, 1.82) is 0 Å². The summed E-state index contributed by atoms with van der Waals surface area (Å²) in [6.45, 7) is 3.45. The zero-order valence-electron chi connectivity index (χ0n) is 7.46. The zero-order valence-corrected chi connectivity index (χ0v) is 7.46. The van der Waals surface area contributed by atoms with Gasteiger partial charge in [-0.1, -0.05) is 0 Å². The molecule has 72 valence electrons. The molecule has 0 spiro atoms. The van der Waals surface area contributed by atoms with E-state index in [0.717, 1.165) is 0 Å². The summed E-state index contributed by atoms with van der Waals surface area (Å²) < 4.78 is 9.83. The van der Waals surface area contributed by atoms with Crippen LogP contribution in [-0.4, -0.2) is 39.4 Å². The summed E-state index contributed by atoms with van der Waals surface area (Å²) in [5.41, 5.74) is 2.45. The topological polar surface area (TPSA) is 56.8 Å². The second-order valence-electron chi connectivity index (χ2n) is 2.09. The molecule has 0 saturated heterocycles. The minimum atomic E-state index is -0.355. The summed E-state index contributed by atoms with van der Waals surface area (Å²) in [4.78, 5) is 14.7. The van der Waals surface area contributed by atoms with E-state index in [9.17, 15) is 4.79 Å². The van der Waals surface area contributed by atoms with Crippen LogP contribution in [0, 0.1) is 0 Å². The first-order valence-electron chi connectivity index (χ1n) is 3.74. The van der Waals surface area contributed by atoms with Crippen LogP contribution in [0.5, 0.6) is 0 Å². The van der Waals surface area contributed by atoms with Gasteiger partial charge in [0.25, 0.3) is 0 Å². The molecule has 0 radical (unpaired) electrons. The zero-order chi connectivity index (χ0) is 9.23. The van der Waals surface area contributed by atoms with Gasteiger partial charge in [0.1, 0.15) is 0 Å². The maximum Gasteiger partial charge on any atom is 0.321 e. The van der Waals surface area contributed by atoms with Crippen molar-refractivity contribution in [2.75, 3.05) is 33.5 Å². The van der Waals surface area contributed by atoms with Crippen LogP contribution < -0.4 is 5.48 Å². The average molecular weight is 177 g/mol. The Morgan fingerprint density at radius 2 is 2.08 bits per heavy atom. The molecule has 0 atom stereocenters. The van der Waals surface area contributed by atoms with Gasteiger partial charge in [0.05, 0.1) is 26.4 Å². The van der Waals surface area contributed by atoms with Crippen molar-refractivity contribution in [2.24, 2.45) is 0 Å². The highest BCUT2D eigenvalue weighted by atomic mass is 16.7. The van der Waals surface area contributed by atoms with Crippen molar-refractivity contribution in [1.82, 2.24) is 5.48 Å². The first kappa shape index (κ1) is 11.4. The molecule has 0 saturated carbocycles. The molecule has 0 aliphatic rings. The molecule has 0 fully saturated rings. The average Bonchev–Trinajstić information content (AvgIpc) is 2.02. The quantitative estimate of drug-likeness (QED) is 0.428. The number of carbonyl (C=O) groups excluding carboxylic acids is 1. The first-order chi connectivity index (χ1) is 5.77. The van der Waals surface area contributed by atoms with Gasteiger partial charge in [-0.15, -0.1) is 0 Å². The molecule has 12 heavy (non-hydrogen) atoms. The maximum absolute atomic E-state index is 10.2. The van der Waals surface area contributed by atoms with Gasteiger partial charge in [-0.25, -0.2) is 0 Å². The van der Waals surface area contributed by atoms with Crippen LogP contribution in [0.3, 0.4) is 0 Å². The minimum Gasteiger partial charge on any atom is -0.382 e. The number of hydrogen-bond donors (Lipinski definition) is 1. The van der Waals surface area contributed by atoms with Crippen molar-refractivity contribution in [3.8, 4) is 0 Å². The molecule has 1 N–H and O–H groups in total. The minimum absolute atomic E-state index is 0.355. The monoisotopic (exact) mass is 177 g/mol. The van der Waals surface area contributed by atoms with E-state index in [0.29, 0.717) is 26.4 Å². The van der Waals surface area contributed by atoms with Gasteiger partial charge >= 0.3 is 5.97 Å². The molecule has 0 amide bonds. The van der Waals surface area contributed by atoms with Crippen LogP contribution in [0.1, 0.15) is 6.92 Å². The van der Waals surface area contributed by atoms with Crippen LogP contribution in [-0.2, 0) is 19.1 Å². The molecule has 0 aromatic rings. The van der Waals surface area contributed by atoms with Crippen LogP contribution in [0.25, 0.3) is 0 Å². The highest BCUT2D eigenvalue weighted by Crippen LogP contribution is 1.75. The molecule has 5 nitrogen and oxygen atoms in total. The third-order valence-corrected chi connectivity index (χ3v) is 0.996. The van der Waals surface area contributed by atoms with Gasteiger partial charge in [0.15, 0.2) is 0 Å². The number of rotatable bonds is 7. The van der Waals surface area contributed by atoms with Crippen LogP contribution in [0.15, 0.2) is 0 Å². The van der Waals surface area contributed by atoms with Crippen LogP contribution in [0.2, 0.25) is 0 Å². The molecule has 0 bridgehead atoms. The van der Waals surface area contributed by atoms with E-state index in [2.05, 4.69) is 10.3 Å². The number of carbonyl (C=O) groups is 1. The third kappa shape index (κ3) is 9.35. The number of hydrogen-bond acceptors (Lipinski definition) is 5. The van der Waals surface area contributed by atoms with Gasteiger partial charge < -0.3 is 14.3 Å². The lowest BCUT2D eigenvalue weighted by Crippen LogP contribution is -2.23. The number of ether oxygens (including phenoxy) is 2. The van der Waals surface area contributed by atoms with Gasteiger partial charge in [-0.2, -0.15) is 5.48 Å². The largest absolute Gasteiger partial charge is 0.382 e. The molecule has 5 heteroatoms. The standard InChI is InChI=1S/C7H15NO4/c1-7(9)12-8-3-4-11-6-5-10-2/h8H,3-6H2,1-2H3. The molecule has 0 unspecified atom stereocenters. The Morgan fingerprint density at radius 3 is 2.67 bits per heavy atom. The second kappa shape index (κ2) is 8.45. The fourth-order valence-corrected chi connectivity index (χ4v) is 0.511. The number of methoxy groups -OCH3 is 1. The summed E-state index contributed by atoms with van der Waals surface area (Å²) in [5, 5.41) is 0. The highest BCUT2D eigenvalue weighted by molar-refractivity contribution is 5.65. The summed E-state index contributed by atoms with van der Waals surface area (Å²) in [5.74, 6) is -0.355. The molecule has 0 aromatic heterocycles. The summed E-state index contributed by atoms with van der Waals surface area (Å²) in [7, 11) is 1.61. The van der Waals surface area contributed by atoms with E-state index >= 15 is 0 Å². The molecule has 0 rings (SSSR count). The Bertz CT molecular complexity index is 118. The second-order valence-corrected chi connectivity index (χ2v) is 2.09. The molecular formula is C7H15NO4. The van der Waals surface area contributed by atoms with Gasteiger partial charge in [-0.3, -0.25) is 4.79 Å². The Kier molecular flexibility index (Phi) is 7.99. The first-order valence-corrected chi connectivity index (χ1v) is 3.74. The summed E-state index contributed by atoms with van der Waals surface area (Å²) in [6, 6.07) is 0. The normalized spacial score (nSPS) is 9.83. The van der Waals surface area contributed by atoms with E-state index in [1.54, 1.807) is 7.11 Å². The van der Waals surface area contributed by atoms with E-state index < -0.39 is 0 Å². The Morgan fingerprint density at radius 1 is 1.33 bits per heavy atom. The van der Waals surface area contributed by atoms with Gasteiger partial charge in [0.2, 0.25) is 0 Å². The predicted molar refractivity (Wildman–Crippen MR) is 42.5 cm³/mol. The maximum atomic E-state index is 10.2. The smallest absolute Gasteiger partial charge is 0.321 e. The van der Waals surface area contributed by atoms with Gasteiger partial charge in [-0.05, 0) is 0 Å². The van der Waals surface area contributed by atoms with E-state index in [1.165, 1.54) is 6.92 Å². The SMILES string of the molecule is COCCOCCNOC(C)=O. The van der Waals surface area contributed by atoms with Crippen LogP contribution in [0.4, 0.5) is 0 Å². The van der Waals surface area contributed by atoms with Gasteiger partial charge in [0, 0.05) is 14.0 Å². The van der Waals surface area contributed by atoms with E-state index in [4.69, 9.17) is 9.47 Å². The van der Waals surface area contributed by atoms with E-state index in [-0.39, 0.29) is 5.97 Å². The Balaban J connectivity index is 2.86. The third-order valence-electron chi connectivity index (χ3n) is 0.996. The lowest BCUT2D eigenvalue weighted by atomic mass is 10.7. The lowest BCUT2D eigenvalue weighted by Gasteiger charge is -2.04.